The molecule has 0 saturated heterocycles. The third-order valence-electron chi connectivity index (χ3n) is 2.44. The molecule has 5 nitrogen and oxygen atoms in total. The molecule has 0 spiro atoms. The smallest absolute Gasteiger partial charge is 0.243 e. The predicted molar refractivity (Wildman–Crippen MR) is 84.4 cm³/mol. The lowest BCUT2D eigenvalue weighted by molar-refractivity contribution is 0.114. The minimum absolute atomic E-state index is 0.0188. The summed E-state index contributed by atoms with van der Waals surface area (Å²) in [4.78, 5) is -0.586. The molecule has 0 bridgehead atoms. The number of rotatable bonds is 7. The molecule has 1 rings (SSSR count). The van der Waals surface area contributed by atoms with Gasteiger partial charge in [-0.25, -0.2) is 17.5 Å². The van der Waals surface area contributed by atoms with Crippen LogP contribution in [0.25, 0.3) is 0 Å². The monoisotopic (exact) mass is 402 g/mol. The first kappa shape index (κ1) is 18.6. The maximum absolute atomic E-state index is 14.0. The minimum Gasteiger partial charge on any atom is -0.395 e. The molecule has 0 fully saturated rings. The summed E-state index contributed by atoms with van der Waals surface area (Å²) in [7, 11) is -4.04. The SMILES string of the molecule is CC(C)COCCNS(=O)(=O)c1cc(Cl)c(Br)c(N)c1F. The topological polar surface area (TPSA) is 81.4 Å². The van der Waals surface area contributed by atoms with E-state index in [0.29, 0.717) is 12.5 Å². The van der Waals surface area contributed by atoms with Crippen LogP contribution in [0.4, 0.5) is 10.1 Å². The number of nitrogen functional groups attached to an aromatic ring is 1. The molecular formula is C12H17BrClFN2O3S. The average molecular weight is 404 g/mol. The van der Waals surface area contributed by atoms with Crippen molar-refractivity contribution >= 4 is 43.2 Å². The molecule has 0 amide bonds. The van der Waals surface area contributed by atoms with Crippen molar-refractivity contribution in [3.8, 4) is 0 Å². The maximum atomic E-state index is 14.0. The number of nitrogens with one attached hydrogen (secondary N) is 1. The normalized spacial score (nSPS) is 12.1. The molecule has 0 heterocycles. The Bertz CT molecular complexity index is 611. The molecule has 1 aromatic carbocycles. The van der Waals surface area contributed by atoms with E-state index in [0.717, 1.165) is 6.07 Å². The summed E-state index contributed by atoms with van der Waals surface area (Å²) in [6.07, 6.45) is 0. The number of hydrogen-bond acceptors (Lipinski definition) is 4. The van der Waals surface area contributed by atoms with Crippen LogP contribution in [0.5, 0.6) is 0 Å². The van der Waals surface area contributed by atoms with Crippen molar-refractivity contribution in [2.45, 2.75) is 18.7 Å². The van der Waals surface area contributed by atoms with Gasteiger partial charge in [0.25, 0.3) is 0 Å². The zero-order chi connectivity index (χ0) is 16.2. The van der Waals surface area contributed by atoms with E-state index in [1.807, 2.05) is 13.8 Å². The molecule has 1 aromatic rings. The van der Waals surface area contributed by atoms with Gasteiger partial charge in [-0.05, 0) is 27.9 Å². The van der Waals surface area contributed by atoms with Crippen LogP contribution in [0.1, 0.15) is 13.8 Å². The first-order valence-electron chi connectivity index (χ1n) is 6.17. The zero-order valence-electron chi connectivity index (χ0n) is 11.6. The van der Waals surface area contributed by atoms with Gasteiger partial charge in [0.05, 0.1) is 21.8 Å². The minimum atomic E-state index is -4.04. The summed E-state index contributed by atoms with van der Waals surface area (Å²) < 4.78 is 45.6. The Hall–Kier alpha value is -0.410. The van der Waals surface area contributed by atoms with Crippen molar-refractivity contribution in [1.29, 1.82) is 0 Å². The Morgan fingerprint density at radius 2 is 2.14 bits per heavy atom. The highest BCUT2D eigenvalue weighted by atomic mass is 79.9. The van der Waals surface area contributed by atoms with Gasteiger partial charge in [-0.15, -0.1) is 0 Å². The van der Waals surface area contributed by atoms with Crippen molar-refractivity contribution < 1.29 is 17.5 Å². The van der Waals surface area contributed by atoms with Crippen LogP contribution < -0.4 is 10.5 Å². The van der Waals surface area contributed by atoms with Crippen molar-refractivity contribution in [3.05, 3.63) is 21.4 Å². The van der Waals surface area contributed by atoms with Crippen molar-refractivity contribution in [2.24, 2.45) is 5.92 Å². The van der Waals surface area contributed by atoms with Gasteiger partial charge in [-0.3, -0.25) is 0 Å². The molecular weight excluding hydrogens is 387 g/mol. The van der Waals surface area contributed by atoms with E-state index >= 15 is 0 Å². The second kappa shape index (κ2) is 7.73. The molecule has 0 aromatic heterocycles. The fourth-order valence-corrected chi connectivity index (χ4v) is 3.13. The molecule has 120 valence electrons. The largest absolute Gasteiger partial charge is 0.395 e. The molecule has 0 aliphatic carbocycles. The van der Waals surface area contributed by atoms with Crippen LogP contribution in [0.3, 0.4) is 0 Å². The van der Waals surface area contributed by atoms with Crippen molar-refractivity contribution in [1.82, 2.24) is 4.72 Å². The van der Waals surface area contributed by atoms with Crippen LogP contribution in [0.2, 0.25) is 5.02 Å². The highest BCUT2D eigenvalue weighted by molar-refractivity contribution is 9.10. The fourth-order valence-electron chi connectivity index (χ4n) is 1.44. The molecule has 0 unspecified atom stereocenters. The Labute approximate surface area is 137 Å². The van der Waals surface area contributed by atoms with Gasteiger partial charge in [0.2, 0.25) is 10.0 Å². The maximum Gasteiger partial charge on any atom is 0.243 e. The van der Waals surface area contributed by atoms with Gasteiger partial charge >= 0.3 is 0 Å². The van der Waals surface area contributed by atoms with E-state index in [2.05, 4.69) is 20.7 Å². The van der Waals surface area contributed by atoms with E-state index in [-0.39, 0.29) is 28.3 Å². The Kier molecular flexibility index (Phi) is 6.86. The molecule has 0 saturated carbocycles. The highest BCUT2D eigenvalue weighted by Gasteiger charge is 2.23. The Morgan fingerprint density at radius 3 is 2.71 bits per heavy atom. The molecule has 0 radical (unpaired) electrons. The van der Waals surface area contributed by atoms with Crippen LogP contribution in [0, 0.1) is 11.7 Å². The van der Waals surface area contributed by atoms with Crippen LogP contribution in [-0.4, -0.2) is 28.2 Å². The van der Waals surface area contributed by atoms with Gasteiger partial charge in [0.15, 0.2) is 5.82 Å². The summed E-state index contributed by atoms with van der Waals surface area (Å²) >= 11 is 8.79. The second-order valence-corrected chi connectivity index (χ2v) is 7.70. The molecule has 3 N–H and O–H groups in total. The number of hydrogen-bond donors (Lipinski definition) is 2. The lowest BCUT2D eigenvalue weighted by atomic mass is 10.2. The quantitative estimate of drug-likeness (QED) is 0.417. The van der Waals surface area contributed by atoms with E-state index in [1.165, 1.54) is 0 Å². The second-order valence-electron chi connectivity index (χ2n) is 4.76. The van der Waals surface area contributed by atoms with E-state index in [9.17, 15) is 12.8 Å². The van der Waals surface area contributed by atoms with E-state index in [4.69, 9.17) is 22.1 Å². The van der Waals surface area contributed by atoms with Crippen molar-refractivity contribution in [3.63, 3.8) is 0 Å². The number of anilines is 1. The molecule has 9 heteroatoms. The average Bonchev–Trinajstić information content (AvgIpc) is 2.39. The zero-order valence-corrected chi connectivity index (χ0v) is 14.8. The highest BCUT2D eigenvalue weighted by Crippen LogP contribution is 2.34. The Morgan fingerprint density at radius 1 is 1.52 bits per heavy atom. The summed E-state index contributed by atoms with van der Waals surface area (Å²) in [5, 5.41) is 0.0188. The summed E-state index contributed by atoms with van der Waals surface area (Å²) in [6, 6.07) is 1.01. The number of nitrogens with two attached hydrogens (primary N) is 1. The van der Waals surface area contributed by atoms with E-state index < -0.39 is 20.7 Å². The number of sulfonamides is 1. The third-order valence-corrected chi connectivity index (χ3v) is 5.28. The summed E-state index contributed by atoms with van der Waals surface area (Å²) in [6.45, 7) is 4.70. The first-order chi connectivity index (χ1) is 9.66. The van der Waals surface area contributed by atoms with Crippen molar-refractivity contribution in [2.75, 3.05) is 25.5 Å². The molecule has 21 heavy (non-hydrogen) atoms. The fraction of sp³-hybridized carbons (Fsp3) is 0.500. The van der Waals surface area contributed by atoms with Gasteiger partial charge in [0.1, 0.15) is 4.90 Å². The molecule has 0 aliphatic rings. The lowest BCUT2D eigenvalue weighted by Gasteiger charge is -2.12. The third kappa shape index (κ3) is 5.07. The number of halogens is 3. The number of benzene rings is 1. The van der Waals surface area contributed by atoms with E-state index in [1.54, 1.807) is 0 Å². The van der Waals surface area contributed by atoms with Gasteiger partial charge in [-0.1, -0.05) is 25.4 Å². The summed E-state index contributed by atoms with van der Waals surface area (Å²) in [5.41, 5.74) is 5.12. The predicted octanol–water partition coefficient (Wildman–Crippen LogP) is 2.77. The van der Waals surface area contributed by atoms with Crippen LogP contribution >= 0.6 is 27.5 Å². The van der Waals surface area contributed by atoms with Gasteiger partial charge in [-0.2, -0.15) is 0 Å². The first-order valence-corrected chi connectivity index (χ1v) is 8.82. The number of ether oxygens (including phenoxy) is 1. The van der Waals surface area contributed by atoms with Gasteiger partial charge < -0.3 is 10.5 Å². The van der Waals surface area contributed by atoms with Crippen LogP contribution in [0.15, 0.2) is 15.4 Å². The molecule has 0 atom stereocenters. The molecule has 0 aliphatic heterocycles. The van der Waals surface area contributed by atoms with Crippen LogP contribution in [-0.2, 0) is 14.8 Å². The Balaban J connectivity index is 2.80. The standard InChI is InChI=1S/C12H17BrClFN2O3S/c1-7(2)6-20-4-3-17-21(18,19)9-5-8(14)10(13)12(16)11(9)15/h5,7,17H,3-4,6,16H2,1-2H3. The van der Waals surface area contributed by atoms with Gasteiger partial charge in [0, 0.05) is 13.2 Å². The summed E-state index contributed by atoms with van der Waals surface area (Å²) in [5.74, 6) is -0.689. The lowest BCUT2D eigenvalue weighted by Crippen LogP contribution is -2.28.